The summed E-state index contributed by atoms with van der Waals surface area (Å²) in [5.41, 5.74) is 4.41. The summed E-state index contributed by atoms with van der Waals surface area (Å²) in [4.78, 5) is 19.1. The van der Waals surface area contributed by atoms with Gasteiger partial charge in [0.25, 0.3) is 0 Å². The molecule has 0 amide bonds. The van der Waals surface area contributed by atoms with Crippen LogP contribution in [0.5, 0.6) is 5.75 Å². The molecule has 0 radical (unpaired) electrons. The van der Waals surface area contributed by atoms with Gasteiger partial charge >= 0.3 is 0 Å². The molecule has 0 saturated carbocycles. The molecule has 3 aromatic rings. The number of carbonyl (C=O) groups is 1. The third kappa shape index (κ3) is 3.87. The van der Waals surface area contributed by atoms with E-state index in [9.17, 15) is 4.79 Å². The summed E-state index contributed by atoms with van der Waals surface area (Å²) < 4.78 is 7.60. The molecular weight excluding hydrogens is 380 g/mol. The summed E-state index contributed by atoms with van der Waals surface area (Å²) in [6.07, 6.45) is 3.38. The number of para-hydroxylation sites is 1. The highest BCUT2D eigenvalue weighted by molar-refractivity contribution is 6.08. The van der Waals surface area contributed by atoms with Gasteiger partial charge in [-0.15, -0.1) is 0 Å². The summed E-state index contributed by atoms with van der Waals surface area (Å²) in [7, 11) is 3.99. The zero-order chi connectivity index (χ0) is 21.1. The van der Waals surface area contributed by atoms with Crippen molar-refractivity contribution in [2.24, 2.45) is 0 Å². The van der Waals surface area contributed by atoms with Crippen LogP contribution in [0.3, 0.4) is 0 Å². The van der Waals surface area contributed by atoms with Crippen LogP contribution < -0.4 is 21.2 Å². The van der Waals surface area contributed by atoms with Crippen molar-refractivity contribution < 1.29 is 9.53 Å². The maximum absolute atomic E-state index is 12.8. The smallest absolute Gasteiger partial charge is 0.180 e. The molecule has 0 saturated heterocycles. The predicted molar refractivity (Wildman–Crippen MR) is 118 cm³/mol. The number of anilines is 2. The summed E-state index contributed by atoms with van der Waals surface area (Å²) in [6, 6.07) is 11.6. The van der Waals surface area contributed by atoms with Gasteiger partial charge in [0.2, 0.25) is 0 Å². The lowest BCUT2D eigenvalue weighted by Crippen LogP contribution is -2.32. The molecule has 1 aromatic carbocycles. The van der Waals surface area contributed by atoms with Crippen LogP contribution in [0, 0.1) is 0 Å². The van der Waals surface area contributed by atoms with Crippen LogP contribution in [0.15, 0.2) is 48.8 Å². The molecule has 0 aliphatic carbocycles. The Hall–Kier alpha value is -3.36. The van der Waals surface area contributed by atoms with E-state index in [2.05, 4.69) is 15.6 Å². The number of fused-ring (bicyclic) bond motifs is 1. The zero-order valence-electron chi connectivity index (χ0n) is 17.2. The highest BCUT2D eigenvalue weighted by Crippen LogP contribution is 2.41. The first-order chi connectivity index (χ1) is 14.6. The molecule has 2 aromatic heterocycles. The highest BCUT2D eigenvalue weighted by atomic mass is 16.5. The highest BCUT2D eigenvalue weighted by Gasteiger charge is 2.31. The zero-order valence-corrected chi connectivity index (χ0v) is 17.2. The van der Waals surface area contributed by atoms with Gasteiger partial charge in [-0.2, -0.15) is 0 Å². The number of aromatic nitrogens is 2. The molecule has 30 heavy (non-hydrogen) atoms. The van der Waals surface area contributed by atoms with Crippen molar-refractivity contribution in [3.05, 3.63) is 60.0 Å². The van der Waals surface area contributed by atoms with Gasteiger partial charge in [0.15, 0.2) is 5.78 Å². The fourth-order valence-electron chi connectivity index (χ4n) is 3.58. The van der Waals surface area contributed by atoms with E-state index < -0.39 is 0 Å². The van der Waals surface area contributed by atoms with Gasteiger partial charge in [-0.1, -0.05) is 18.2 Å². The molecule has 0 fully saturated rings. The molecule has 0 atom stereocenters. The molecule has 4 N–H and O–H groups in total. The SMILES string of the molecule is CN(C)CCOc1cnccc1-c1c(Nc2ccccc2)c2c(n1N)CNCC2=O. The number of ether oxygens (including phenoxy) is 1. The van der Waals surface area contributed by atoms with Crippen LogP contribution in [0.2, 0.25) is 0 Å². The molecule has 0 unspecified atom stereocenters. The Labute approximate surface area is 175 Å². The van der Waals surface area contributed by atoms with Crippen molar-refractivity contribution in [3.63, 3.8) is 0 Å². The van der Waals surface area contributed by atoms with E-state index in [0.29, 0.717) is 35.8 Å². The van der Waals surface area contributed by atoms with E-state index in [1.165, 1.54) is 0 Å². The van der Waals surface area contributed by atoms with Gasteiger partial charge in [0, 0.05) is 30.5 Å². The van der Waals surface area contributed by atoms with E-state index in [1.807, 2.05) is 55.4 Å². The fraction of sp³-hybridized carbons (Fsp3) is 0.273. The minimum atomic E-state index is 0.00395. The van der Waals surface area contributed by atoms with Crippen molar-refractivity contribution in [1.29, 1.82) is 0 Å². The third-order valence-corrected chi connectivity index (χ3v) is 5.04. The van der Waals surface area contributed by atoms with Crippen molar-refractivity contribution in [2.75, 3.05) is 45.0 Å². The molecule has 1 aliphatic rings. The lowest BCUT2D eigenvalue weighted by molar-refractivity contribution is 0.0982. The number of hydrogen-bond acceptors (Lipinski definition) is 7. The Bertz CT molecular complexity index is 1050. The summed E-state index contributed by atoms with van der Waals surface area (Å²) in [6.45, 7) is 2.08. The minimum absolute atomic E-state index is 0.00395. The summed E-state index contributed by atoms with van der Waals surface area (Å²) in [5, 5.41) is 6.54. The lowest BCUT2D eigenvalue weighted by atomic mass is 10.0. The summed E-state index contributed by atoms with van der Waals surface area (Å²) in [5.74, 6) is 7.15. The molecule has 4 rings (SSSR count). The number of benzene rings is 1. The first-order valence-corrected chi connectivity index (χ1v) is 9.86. The maximum Gasteiger partial charge on any atom is 0.180 e. The molecule has 156 valence electrons. The number of hydrogen-bond donors (Lipinski definition) is 3. The molecule has 1 aliphatic heterocycles. The van der Waals surface area contributed by atoms with Gasteiger partial charge in [-0.25, -0.2) is 0 Å². The number of likely N-dealkylation sites (N-methyl/N-ethyl adjacent to an activating group) is 1. The first-order valence-electron chi connectivity index (χ1n) is 9.86. The predicted octanol–water partition coefficient (Wildman–Crippen LogP) is 2.23. The van der Waals surface area contributed by atoms with E-state index in [1.54, 1.807) is 17.1 Å². The quantitative estimate of drug-likeness (QED) is 0.518. The van der Waals surface area contributed by atoms with Crippen molar-refractivity contribution >= 4 is 17.2 Å². The van der Waals surface area contributed by atoms with Gasteiger partial charge in [0.05, 0.1) is 35.4 Å². The maximum atomic E-state index is 12.8. The second-order valence-electron chi connectivity index (χ2n) is 7.46. The Balaban J connectivity index is 1.83. The van der Waals surface area contributed by atoms with E-state index >= 15 is 0 Å². The molecule has 8 heteroatoms. The van der Waals surface area contributed by atoms with E-state index in [4.69, 9.17) is 10.6 Å². The van der Waals surface area contributed by atoms with Crippen LogP contribution in [0.25, 0.3) is 11.3 Å². The summed E-state index contributed by atoms with van der Waals surface area (Å²) >= 11 is 0. The van der Waals surface area contributed by atoms with Crippen LogP contribution >= 0.6 is 0 Å². The molecule has 0 bridgehead atoms. The number of ketones is 1. The number of Topliss-reactive ketones (excluding diaryl/α,β-unsaturated/α-hetero) is 1. The largest absolute Gasteiger partial charge is 0.490 e. The normalized spacial score (nSPS) is 13.4. The number of nitrogens with two attached hydrogens (primary N) is 1. The van der Waals surface area contributed by atoms with Gasteiger partial charge in [0.1, 0.15) is 12.4 Å². The monoisotopic (exact) mass is 406 g/mol. The minimum Gasteiger partial charge on any atom is -0.490 e. The number of nitrogens with zero attached hydrogens (tertiary/aromatic N) is 3. The number of nitrogen functional groups attached to an aromatic ring is 1. The van der Waals surface area contributed by atoms with E-state index in [-0.39, 0.29) is 12.3 Å². The van der Waals surface area contributed by atoms with Crippen LogP contribution in [0.4, 0.5) is 11.4 Å². The van der Waals surface area contributed by atoms with E-state index in [0.717, 1.165) is 23.5 Å². The Morgan fingerprint density at radius 1 is 1.23 bits per heavy atom. The van der Waals surface area contributed by atoms with Crippen LogP contribution in [-0.2, 0) is 6.54 Å². The Morgan fingerprint density at radius 3 is 2.80 bits per heavy atom. The topological polar surface area (TPSA) is 97.4 Å². The third-order valence-electron chi connectivity index (χ3n) is 5.04. The lowest BCUT2D eigenvalue weighted by Gasteiger charge is -2.16. The molecular formula is C22H26N6O2. The Kier molecular flexibility index (Phi) is 5.69. The average molecular weight is 406 g/mol. The van der Waals surface area contributed by atoms with Crippen molar-refractivity contribution in [1.82, 2.24) is 19.9 Å². The van der Waals surface area contributed by atoms with Gasteiger partial charge in [-0.05, 0) is 32.3 Å². The number of nitrogens with one attached hydrogen (secondary N) is 2. The van der Waals surface area contributed by atoms with Gasteiger partial charge in [-0.3, -0.25) is 14.5 Å². The molecule has 3 heterocycles. The second-order valence-corrected chi connectivity index (χ2v) is 7.46. The molecule has 8 nitrogen and oxygen atoms in total. The Morgan fingerprint density at radius 2 is 2.03 bits per heavy atom. The van der Waals surface area contributed by atoms with Crippen LogP contribution in [-0.4, -0.2) is 54.1 Å². The van der Waals surface area contributed by atoms with Crippen molar-refractivity contribution in [2.45, 2.75) is 6.54 Å². The standard InChI is InChI=1S/C22H26N6O2/c1-27(2)10-11-30-19-14-24-9-8-16(19)22-21(26-15-6-4-3-5-7-15)20-17(28(22)23)12-25-13-18(20)29/h3-9,14,25-26H,10-13,23H2,1-2H3. The number of carbonyl (C=O) groups excluding carboxylic acids is 1. The molecule has 0 spiro atoms. The number of pyridine rings is 1. The first kappa shape index (κ1) is 19.9. The van der Waals surface area contributed by atoms with Crippen molar-refractivity contribution in [3.8, 4) is 17.0 Å². The number of rotatable bonds is 7. The fourth-order valence-corrected chi connectivity index (χ4v) is 3.58. The van der Waals surface area contributed by atoms with Crippen LogP contribution in [0.1, 0.15) is 16.1 Å². The average Bonchev–Trinajstić information content (AvgIpc) is 3.02. The second kappa shape index (κ2) is 8.56. The van der Waals surface area contributed by atoms with Gasteiger partial charge < -0.3 is 26.1 Å².